The molecule has 0 radical (unpaired) electrons. The van der Waals surface area contributed by atoms with Gasteiger partial charge in [-0.3, -0.25) is 14.9 Å². The number of rotatable bonds is 9. The average molecular weight is 519 g/mol. The molecule has 0 saturated heterocycles. The van der Waals surface area contributed by atoms with Crippen LogP contribution in [0.5, 0.6) is 17.2 Å². The molecule has 2 amide bonds. The van der Waals surface area contributed by atoms with E-state index in [-0.39, 0.29) is 28.4 Å². The summed E-state index contributed by atoms with van der Waals surface area (Å²) in [5.41, 5.74) is 0.763. The van der Waals surface area contributed by atoms with Crippen molar-refractivity contribution in [2.75, 3.05) is 6.61 Å². The minimum Gasteiger partial charge on any atom is -0.493 e. The molecule has 188 valence electrons. The van der Waals surface area contributed by atoms with Gasteiger partial charge in [-0.25, -0.2) is 0 Å². The Hall–Kier alpha value is -4.36. The predicted molar refractivity (Wildman–Crippen MR) is 131 cm³/mol. The van der Waals surface area contributed by atoms with E-state index in [9.17, 15) is 23.3 Å². The van der Waals surface area contributed by atoms with Gasteiger partial charge >= 0.3 is 10.1 Å². The Labute approximate surface area is 213 Å². The van der Waals surface area contributed by atoms with Crippen LogP contribution in [-0.4, -0.2) is 32.4 Å². The third-order valence-electron chi connectivity index (χ3n) is 6.19. The summed E-state index contributed by atoms with van der Waals surface area (Å²) in [6.45, 7) is 2.05. The van der Waals surface area contributed by atoms with E-state index in [0.717, 1.165) is 18.4 Å². The van der Waals surface area contributed by atoms with Gasteiger partial charge in [-0.1, -0.05) is 18.2 Å². The lowest BCUT2D eigenvalue weighted by Gasteiger charge is -2.20. The summed E-state index contributed by atoms with van der Waals surface area (Å²) in [5, 5.41) is 11.5. The molecule has 5 rings (SSSR count). The van der Waals surface area contributed by atoms with E-state index in [4.69, 9.17) is 13.7 Å². The minimum atomic E-state index is -4.23. The van der Waals surface area contributed by atoms with Crippen LogP contribution in [-0.2, 0) is 10.1 Å². The summed E-state index contributed by atoms with van der Waals surface area (Å²) in [6.07, 6.45) is 2.06. The van der Waals surface area contributed by atoms with E-state index in [2.05, 4.69) is 5.32 Å². The second-order valence-corrected chi connectivity index (χ2v) is 10.5. The number of ether oxygens (including phenoxy) is 2. The van der Waals surface area contributed by atoms with Crippen molar-refractivity contribution < 1.29 is 31.7 Å². The Morgan fingerprint density at radius 1 is 1.00 bits per heavy atom. The number of imide groups is 1. The summed E-state index contributed by atoms with van der Waals surface area (Å²) >= 11 is 0. The van der Waals surface area contributed by atoms with Gasteiger partial charge < -0.3 is 13.7 Å². The molecule has 0 unspecified atom stereocenters. The topological polar surface area (TPSA) is 132 Å². The van der Waals surface area contributed by atoms with E-state index < -0.39 is 27.5 Å². The van der Waals surface area contributed by atoms with Crippen LogP contribution in [0.1, 0.15) is 51.1 Å². The quantitative estimate of drug-likeness (QED) is 0.333. The highest BCUT2D eigenvalue weighted by Gasteiger charge is 2.46. The minimum absolute atomic E-state index is 0.00716. The molecule has 9 nitrogen and oxygen atoms in total. The molecule has 37 heavy (non-hydrogen) atoms. The Bertz CT molecular complexity index is 1570. The van der Waals surface area contributed by atoms with Crippen molar-refractivity contribution in [3.8, 4) is 23.3 Å². The van der Waals surface area contributed by atoms with Crippen LogP contribution in [0.3, 0.4) is 0 Å². The highest BCUT2D eigenvalue weighted by atomic mass is 32.2. The van der Waals surface area contributed by atoms with Crippen molar-refractivity contribution in [1.29, 1.82) is 5.26 Å². The second-order valence-electron chi connectivity index (χ2n) is 8.97. The number of benzene rings is 3. The second kappa shape index (κ2) is 9.26. The van der Waals surface area contributed by atoms with E-state index >= 15 is 0 Å². The van der Waals surface area contributed by atoms with Gasteiger partial charge in [-0.15, -0.1) is 0 Å². The van der Waals surface area contributed by atoms with Gasteiger partial charge in [0.05, 0.1) is 23.3 Å². The summed E-state index contributed by atoms with van der Waals surface area (Å²) in [7, 11) is -4.23. The van der Waals surface area contributed by atoms with Crippen molar-refractivity contribution in [3.63, 3.8) is 0 Å². The van der Waals surface area contributed by atoms with Gasteiger partial charge in [-0.2, -0.15) is 13.7 Å². The zero-order valence-electron chi connectivity index (χ0n) is 19.8. The van der Waals surface area contributed by atoms with Crippen molar-refractivity contribution >= 4 is 21.9 Å². The normalized spacial score (nSPS) is 15.4. The Kier molecular flexibility index (Phi) is 6.09. The van der Waals surface area contributed by atoms with Crippen molar-refractivity contribution in [2.24, 2.45) is 0 Å². The maximum atomic E-state index is 12.8. The maximum Gasteiger partial charge on any atom is 0.340 e. The standard InChI is InChI=1S/C27H22N2O7S/c1-17-13-19(15-20(14-17)36-37(32,33)23-8-3-2-5-18(23)16-28)34-12-11-27(9-10-27)35-22-7-4-6-21-24(22)26(31)29-25(21)30/h2-8,13-15H,9-12H2,1H3,(H,29,30,31). The van der Waals surface area contributed by atoms with Crippen LogP contribution in [0.15, 0.2) is 65.6 Å². The molecule has 0 aromatic heterocycles. The SMILES string of the molecule is Cc1cc(OCCC2(Oc3cccc4c3C(=O)NC4=O)CC2)cc(OS(=O)(=O)c2ccccc2C#N)c1. The van der Waals surface area contributed by atoms with E-state index in [1.165, 1.54) is 24.3 Å². The first-order valence-electron chi connectivity index (χ1n) is 11.6. The van der Waals surface area contributed by atoms with E-state index in [1.807, 2.05) is 6.07 Å². The number of hydrogen-bond acceptors (Lipinski definition) is 8. The molecule has 1 N–H and O–H groups in total. The molecular formula is C27H22N2O7S. The number of fused-ring (bicyclic) bond motifs is 1. The zero-order valence-corrected chi connectivity index (χ0v) is 20.6. The maximum absolute atomic E-state index is 12.8. The number of carbonyl (C=O) groups is 2. The Morgan fingerprint density at radius 2 is 1.76 bits per heavy atom. The third-order valence-corrected chi connectivity index (χ3v) is 7.50. The summed E-state index contributed by atoms with van der Waals surface area (Å²) in [4.78, 5) is 23.9. The fourth-order valence-corrected chi connectivity index (χ4v) is 5.26. The van der Waals surface area contributed by atoms with E-state index in [1.54, 1.807) is 43.3 Å². The Balaban J connectivity index is 1.25. The molecule has 1 aliphatic heterocycles. The molecule has 1 aliphatic carbocycles. The van der Waals surface area contributed by atoms with Crippen molar-refractivity contribution in [1.82, 2.24) is 5.32 Å². The van der Waals surface area contributed by atoms with Crippen LogP contribution >= 0.6 is 0 Å². The van der Waals surface area contributed by atoms with Gasteiger partial charge in [0.25, 0.3) is 11.8 Å². The fourth-order valence-electron chi connectivity index (χ4n) is 4.20. The summed E-state index contributed by atoms with van der Waals surface area (Å²) in [5.74, 6) is -0.0558. The zero-order chi connectivity index (χ0) is 26.2. The number of nitrogens with one attached hydrogen (secondary N) is 1. The molecule has 0 spiro atoms. The number of aryl methyl sites for hydroxylation is 1. The lowest BCUT2D eigenvalue weighted by molar-refractivity contribution is 0.0876. The highest BCUT2D eigenvalue weighted by molar-refractivity contribution is 7.87. The third kappa shape index (κ3) is 4.99. The van der Waals surface area contributed by atoms with Gasteiger partial charge in [0.1, 0.15) is 33.8 Å². The van der Waals surface area contributed by atoms with Crippen molar-refractivity contribution in [3.05, 3.63) is 82.9 Å². The lowest BCUT2D eigenvalue weighted by atomic mass is 10.1. The monoisotopic (exact) mass is 518 g/mol. The summed E-state index contributed by atoms with van der Waals surface area (Å²) < 4.78 is 42.9. The van der Waals surface area contributed by atoms with Crippen LogP contribution in [0, 0.1) is 18.3 Å². The van der Waals surface area contributed by atoms with Crippen molar-refractivity contribution in [2.45, 2.75) is 36.7 Å². The Morgan fingerprint density at radius 3 is 2.51 bits per heavy atom. The highest BCUT2D eigenvalue weighted by Crippen LogP contribution is 2.45. The van der Waals surface area contributed by atoms with Crippen LogP contribution in [0.4, 0.5) is 0 Å². The van der Waals surface area contributed by atoms with Gasteiger partial charge in [0, 0.05) is 12.5 Å². The van der Waals surface area contributed by atoms with Crippen LogP contribution in [0.25, 0.3) is 0 Å². The molecule has 0 atom stereocenters. The van der Waals surface area contributed by atoms with E-state index in [0.29, 0.717) is 23.5 Å². The van der Waals surface area contributed by atoms with Gasteiger partial charge in [-0.05, 0) is 61.7 Å². The van der Waals surface area contributed by atoms with Gasteiger partial charge in [0.15, 0.2) is 0 Å². The fraction of sp³-hybridized carbons (Fsp3) is 0.222. The molecule has 1 saturated carbocycles. The summed E-state index contributed by atoms with van der Waals surface area (Å²) in [6, 6.07) is 17.4. The largest absolute Gasteiger partial charge is 0.493 e. The molecule has 1 heterocycles. The van der Waals surface area contributed by atoms with Gasteiger partial charge in [0.2, 0.25) is 0 Å². The molecule has 0 bridgehead atoms. The molecule has 1 fully saturated rings. The first kappa shape index (κ1) is 24.3. The van der Waals surface area contributed by atoms with Crippen LogP contribution < -0.4 is 19.0 Å². The number of carbonyl (C=O) groups excluding carboxylic acids is 2. The molecule has 2 aliphatic rings. The first-order valence-corrected chi connectivity index (χ1v) is 13.0. The molecular weight excluding hydrogens is 496 g/mol. The molecule has 3 aromatic carbocycles. The number of hydrogen-bond donors (Lipinski definition) is 1. The number of amides is 2. The number of nitriles is 1. The smallest absolute Gasteiger partial charge is 0.340 e. The number of nitrogens with zero attached hydrogens (tertiary/aromatic N) is 1. The predicted octanol–water partition coefficient (Wildman–Crippen LogP) is 3.90. The molecule has 10 heteroatoms. The molecule has 3 aromatic rings. The average Bonchev–Trinajstić information content (AvgIpc) is 3.55. The van der Waals surface area contributed by atoms with Crippen LogP contribution in [0.2, 0.25) is 0 Å². The lowest BCUT2D eigenvalue weighted by Crippen LogP contribution is -2.23. The first-order chi connectivity index (χ1) is 17.7.